The topological polar surface area (TPSA) is 50.3 Å². The summed E-state index contributed by atoms with van der Waals surface area (Å²) in [4.78, 5) is 11.2. The molecule has 1 aromatic carbocycles. The predicted molar refractivity (Wildman–Crippen MR) is 125 cm³/mol. The maximum atomic E-state index is 6.58. The Morgan fingerprint density at radius 1 is 1.24 bits per heavy atom. The lowest BCUT2D eigenvalue weighted by atomic mass is 10.1. The number of benzene rings is 1. The number of halogens is 1. The van der Waals surface area contributed by atoms with Crippen molar-refractivity contribution in [2.24, 2.45) is 5.92 Å². The molecule has 0 spiro atoms. The lowest BCUT2D eigenvalue weighted by Crippen LogP contribution is -2.29. The zero-order valence-corrected chi connectivity index (χ0v) is 18.9. The molecule has 0 bridgehead atoms. The largest absolute Gasteiger partial charge is 0.489 e. The van der Waals surface area contributed by atoms with E-state index in [4.69, 9.17) is 16.3 Å². The van der Waals surface area contributed by atoms with Crippen molar-refractivity contribution in [3.8, 4) is 5.75 Å². The molecule has 1 aromatic heterocycles. The van der Waals surface area contributed by atoms with E-state index < -0.39 is 0 Å². The number of aromatic nitrogens is 2. The van der Waals surface area contributed by atoms with Gasteiger partial charge in [0.25, 0.3) is 0 Å². The zero-order valence-electron chi connectivity index (χ0n) is 17.4. The molecule has 3 rings (SSSR count). The molecule has 0 aliphatic heterocycles. The van der Waals surface area contributed by atoms with Gasteiger partial charge in [0.05, 0.1) is 19.0 Å². The van der Waals surface area contributed by atoms with Crippen molar-refractivity contribution in [1.82, 2.24) is 9.97 Å². The first-order valence-corrected chi connectivity index (χ1v) is 12.2. The summed E-state index contributed by atoms with van der Waals surface area (Å²) in [5, 5.41) is 4.09. The second-order valence-electron chi connectivity index (χ2n) is 7.36. The van der Waals surface area contributed by atoms with Crippen LogP contribution in [0.15, 0.2) is 30.6 Å². The minimum atomic E-state index is 0.576. The van der Waals surface area contributed by atoms with E-state index in [1.54, 1.807) is 24.2 Å². The van der Waals surface area contributed by atoms with E-state index in [1.807, 2.05) is 12.1 Å². The lowest BCUT2D eigenvalue weighted by Gasteiger charge is -2.29. The Bertz CT molecular complexity index is 753. The number of ether oxygens (including phenoxy) is 1. The van der Waals surface area contributed by atoms with Crippen molar-refractivity contribution in [1.29, 1.82) is 0 Å². The fraction of sp³-hybridized carbons (Fsp3) is 0.545. The molecular formula is C22H31ClN4OS. The molecule has 0 saturated heterocycles. The van der Waals surface area contributed by atoms with Crippen molar-refractivity contribution < 1.29 is 4.74 Å². The average molecular weight is 435 g/mol. The third kappa shape index (κ3) is 6.41. The smallest absolute Gasteiger partial charge is 0.223 e. The van der Waals surface area contributed by atoms with E-state index in [-0.39, 0.29) is 0 Å². The molecule has 7 heteroatoms. The number of anilines is 2. The van der Waals surface area contributed by atoms with Crippen molar-refractivity contribution in [2.75, 3.05) is 41.9 Å². The Morgan fingerprint density at radius 3 is 2.69 bits per heavy atom. The van der Waals surface area contributed by atoms with E-state index >= 15 is 0 Å². The van der Waals surface area contributed by atoms with Crippen LogP contribution in [0.3, 0.4) is 0 Å². The van der Waals surface area contributed by atoms with Crippen LogP contribution in [0.1, 0.15) is 38.2 Å². The molecular weight excluding hydrogens is 404 g/mol. The standard InChI is InChI=1S/C22H31ClN4OS/c1-3-27(16-17-7-4-5-8-17)21-10-6-9-20(23)19(21)15-26-22-24-13-18(14-25-22)28-11-12-29-2/h6,9-10,13-14,17H,3-5,7-8,11-12,15-16H2,1-2H3,(H,24,25,26). The summed E-state index contributed by atoms with van der Waals surface area (Å²) in [5.41, 5.74) is 2.30. The van der Waals surface area contributed by atoms with Crippen LogP contribution in [-0.2, 0) is 6.54 Å². The molecule has 1 fully saturated rings. The molecule has 2 aromatic rings. The lowest BCUT2D eigenvalue weighted by molar-refractivity contribution is 0.341. The van der Waals surface area contributed by atoms with Crippen molar-refractivity contribution in [3.05, 3.63) is 41.2 Å². The van der Waals surface area contributed by atoms with Gasteiger partial charge >= 0.3 is 0 Å². The monoisotopic (exact) mass is 434 g/mol. The van der Waals surface area contributed by atoms with E-state index in [2.05, 4.69) is 39.4 Å². The van der Waals surface area contributed by atoms with Gasteiger partial charge in [-0.2, -0.15) is 11.8 Å². The number of hydrogen-bond donors (Lipinski definition) is 1. The molecule has 1 saturated carbocycles. The molecule has 158 valence electrons. The van der Waals surface area contributed by atoms with E-state index in [0.717, 1.165) is 35.3 Å². The van der Waals surface area contributed by atoms with Gasteiger partial charge in [0.15, 0.2) is 5.75 Å². The van der Waals surface area contributed by atoms with Gasteiger partial charge in [0, 0.05) is 41.7 Å². The maximum absolute atomic E-state index is 6.58. The van der Waals surface area contributed by atoms with Crippen LogP contribution in [0, 0.1) is 5.92 Å². The van der Waals surface area contributed by atoms with Gasteiger partial charge in [-0.25, -0.2) is 9.97 Å². The van der Waals surface area contributed by atoms with Crippen LogP contribution < -0.4 is 15.0 Å². The zero-order chi connectivity index (χ0) is 20.5. The first-order valence-electron chi connectivity index (χ1n) is 10.4. The predicted octanol–water partition coefficient (Wildman–Crippen LogP) is 5.50. The minimum Gasteiger partial charge on any atom is -0.489 e. The minimum absolute atomic E-state index is 0.576. The molecule has 0 unspecified atom stereocenters. The Hall–Kier alpha value is -1.66. The van der Waals surface area contributed by atoms with Crippen LogP contribution in [0.4, 0.5) is 11.6 Å². The second kappa shape index (κ2) is 11.5. The van der Waals surface area contributed by atoms with E-state index in [1.165, 1.54) is 31.4 Å². The summed E-state index contributed by atoms with van der Waals surface area (Å²) in [6.07, 6.45) is 10.9. The van der Waals surface area contributed by atoms with Crippen LogP contribution >= 0.6 is 23.4 Å². The highest BCUT2D eigenvalue weighted by Crippen LogP contribution is 2.32. The van der Waals surface area contributed by atoms with Crippen molar-refractivity contribution in [2.45, 2.75) is 39.2 Å². The summed E-state index contributed by atoms with van der Waals surface area (Å²) in [6, 6.07) is 6.16. The maximum Gasteiger partial charge on any atom is 0.223 e. The molecule has 0 atom stereocenters. The third-order valence-electron chi connectivity index (χ3n) is 5.38. The van der Waals surface area contributed by atoms with Gasteiger partial charge in [-0.05, 0) is 44.1 Å². The molecule has 29 heavy (non-hydrogen) atoms. The fourth-order valence-electron chi connectivity index (χ4n) is 3.81. The molecule has 1 N–H and O–H groups in total. The Balaban J connectivity index is 1.65. The van der Waals surface area contributed by atoms with E-state index in [9.17, 15) is 0 Å². The Kier molecular flexibility index (Phi) is 8.74. The van der Waals surface area contributed by atoms with Crippen LogP contribution in [-0.4, -0.2) is 41.7 Å². The van der Waals surface area contributed by atoms with Crippen molar-refractivity contribution >= 4 is 35.0 Å². The highest BCUT2D eigenvalue weighted by atomic mass is 35.5. The van der Waals surface area contributed by atoms with Crippen LogP contribution in [0.5, 0.6) is 5.75 Å². The van der Waals surface area contributed by atoms with Crippen LogP contribution in [0.2, 0.25) is 5.02 Å². The number of nitrogens with one attached hydrogen (secondary N) is 1. The van der Waals surface area contributed by atoms with Gasteiger partial charge < -0.3 is 15.0 Å². The van der Waals surface area contributed by atoms with Gasteiger partial charge in [-0.15, -0.1) is 0 Å². The number of nitrogens with zero attached hydrogens (tertiary/aromatic N) is 3. The van der Waals surface area contributed by atoms with Gasteiger partial charge in [-0.3, -0.25) is 0 Å². The Morgan fingerprint density at radius 2 is 2.00 bits per heavy atom. The summed E-state index contributed by atoms with van der Waals surface area (Å²) >= 11 is 8.33. The SMILES string of the molecule is CCN(CC1CCCC1)c1cccc(Cl)c1CNc1ncc(OCCSC)cn1. The van der Waals surface area contributed by atoms with Gasteiger partial charge in [0.1, 0.15) is 0 Å². The summed E-state index contributed by atoms with van der Waals surface area (Å²) in [5.74, 6) is 3.00. The average Bonchev–Trinajstić information content (AvgIpc) is 3.25. The summed E-state index contributed by atoms with van der Waals surface area (Å²) in [7, 11) is 0. The number of hydrogen-bond acceptors (Lipinski definition) is 6. The summed E-state index contributed by atoms with van der Waals surface area (Å²) < 4.78 is 5.61. The van der Waals surface area contributed by atoms with E-state index in [0.29, 0.717) is 24.8 Å². The van der Waals surface area contributed by atoms with Crippen LogP contribution in [0.25, 0.3) is 0 Å². The van der Waals surface area contributed by atoms with Gasteiger partial charge in [-0.1, -0.05) is 30.5 Å². The highest BCUT2D eigenvalue weighted by Gasteiger charge is 2.20. The molecule has 1 aliphatic carbocycles. The number of rotatable bonds is 11. The third-order valence-corrected chi connectivity index (χ3v) is 6.31. The highest BCUT2D eigenvalue weighted by molar-refractivity contribution is 7.98. The molecule has 0 amide bonds. The van der Waals surface area contributed by atoms with Crippen molar-refractivity contribution in [3.63, 3.8) is 0 Å². The summed E-state index contributed by atoms with van der Waals surface area (Å²) in [6.45, 7) is 5.54. The molecule has 0 radical (unpaired) electrons. The number of thioether (sulfide) groups is 1. The fourth-order valence-corrected chi connectivity index (χ4v) is 4.30. The quantitative estimate of drug-likeness (QED) is 0.471. The first kappa shape index (κ1) is 22.0. The van der Waals surface area contributed by atoms with Gasteiger partial charge in [0.2, 0.25) is 5.95 Å². The normalized spacial score (nSPS) is 14.2. The molecule has 1 heterocycles. The Labute approximate surface area is 183 Å². The second-order valence-corrected chi connectivity index (χ2v) is 8.76. The molecule has 1 aliphatic rings. The first-order chi connectivity index (χ1) is 14.2. The molecule has 5 nitrogen and oxygen atoms in total.